The molecule has 0 aliphatic rings. The topological polar surface area (TPSA) is 0 Å². The van der Waals surface area contributed by atoms with Crippen LogP contribution in [0.1, 0.15) is 15.8 Å². The first-order valence-corrected chi connectivity index (χ1v) is 7.33. The second-order valence-electron chi connectivity index (χ2n) is 3.30. The first-order valence-electron chi connectivity index (χ1n) is 4.53. The van der Waals surface area contributed by atoms with Crippen LogP contribution in [0.4, 0.5) is 4.39 Å². The standard InChI is InChI=1S/C11H5BrCl3FS/c12-11-7(14)4-9(17-11)10(15)6-3-5(13)1-2-8(6)16/h1-4,10H. The molecule has 1 atom stereocenters. The molecule has 0 saturated heterocycles. The van der Waals surface area contributed by atoms with Crippen molar-refractivity contribution in [2.75, 3.05) is 0 Å². The van der Waals surface area contributed by atoms with Gasteiger partial charge in [-0.15, -0.1) is 22.9 Å². The van der Waals surface area contributed by atoms with E-state index in [0.29, 0.717) is 15.6 Å². The zero-order valence-corrected chi connectivity index (χ0v) is 12.9. The molecule has 0 spiro atoms. The maximum absolute atomic E-state index is 13.6. The highest BCUT2D eigenvalue weighted by Gasteiger charge is 2.19. The van der Waals surface area contributed by atoms with Crippen molar-refractivity contribution in [3.8, 4) is 0 Å². The monoisotopic (exact) mass is 372 g/mol. The Morgan fingerprint density at radius 3 is 2.53 bits per heavy atom. The third kappa shape index (κ3) is 2.96. The summed E-state index contributed by atoms with van der Waals surface area (Å²) in [6.07, 6.45) is 0. The van der Waals surface area contributed by atoms with Gasteiger partial charge in [0.15, 0.2) is 0 Å². The summed E-state index contributed by atoms with van der Waals surface area (Å²) in [4.78, 5) is 0.768. The first kappa shape index (κ1) is 13.6. The Morgan fingerprint density at radius 1 is 1.24 bits per heavy atom. The lowest BCUT2D eigenvalue weighted by molar-refractivity contribution is 0.613. The second-order valence-corrected chi connectivity index (χ2v) is 6.98. The Morgan fingerprint density at radius 2 is 1.94 bits per heavy atom. The molecule has 0 bridgehead atoms. The van der Waals surface area contributed by atoms with Crippen molar-refractivity contribution in [2.24, 2.45) is 0 Å². The van der Waals surface area contributed by atoms with Crippen LogP contribution < -0.4 is 0 Å². The van der Waals surface area contributed by atoms with Gasteiger partial charge in [-0.05, 0) is 40.2 Å². The van der Waals surface area contributed by atoms with Crippen molar-refractivity contribution in [1.29, 1.82) is 0 Å². The average molecular weight is 374 g/mol. The zero-order chi connectivity index (χ0) is 12.6. The summed E-state index contributed by atoms with van der Waals surface area (Å²) >= 11 is 22.6. The molecule has 6 heteroatoms. The molecule has 1 aromatic carbocycles. The predicted octanol–water partition coefficient (Wildman–Crippen LogP) is 6.28. The minimum absolute atomic E-state index is 0.351. The van der Waals surface area contributed by atoms with Crippen molar-refractivity contribution in [2.45, 2.75) is 5.38 Å². The van der Waals surface area contributed by atoms with Crippen LogP contribution in [0.3, 0.4) is 0 Å². The van der Waals surface area contributed by atoms with Crippen LogP contribution in [-0.2, 0) is 0 Å². The fraction of sp³-hybridized carbons (Fsp3) is 0.0909. The molecule has 0 fully saturated rings. The Hall–Kier alpha value is 0.200. The minimum atomic E-state index is -0.595. The van der Waals surface area contributed by atoms with E-state index in [2.05, 4.69) is 15.9 Å². The van der Waals surface area contributed by atoms with Gasteiger partial charge in [-0.1, -0.05) is 23.2 Å². The Balaban J connectivity index is 2.42. The van der Waals surface area contributed by atoms with Gasteiger partial charge in [-0.2, -0.15) is 0 Å². The van der Waals surface area contributed by atoms with Crippen LogP contribution in [0.5, 0.6) is 0 Å². The van der Waals surface area contributed by atoms with Crippen molar-refractivity contribution >= 4 is 62.1 Å². The summed E-state index contributed by atoms with van der Waals surface area (Å²) < 4.78 is 14.4. The van der Waals surface area contributed by atoms with E-state index in [9.17, 15) is 4.39 Å². The van der Waals surface area contributed by atoms with Gasteiger partial charge >= 0.3 is 0 Å². The van der Waals surface area contributed by atoms with Crippen molar-refractivity contribution < 1.29 is 4.39 Å². The molecule has 0 aliphatic carbocycles. The summed E-state index contributed by atoms with van der Waals surface area (Å²) in [5, 5.41) is 0.425. The Kier molecular flexibility index (Phi) is 4.37. The molecule has 0 saturated carbocycles. The van der Waals surface area contributed by atoms with Crippen LogP contribution in [0.15, 0.2) is 28.1 Å². The summed E-state index contributed by atoms with van der Waals surface area (Å²) in [5.41, 5.74) is 0.351. The summed E-state index contributed by atoms with van der Waals surface area (Å²) in [6, 6.07) is 6.03. The Bertz CT molecular complexity index is 536. The molecular formula is C11H5BrCl3FS. The molecule has 0 amide bonds. The molecule has 2 aromatic rings. The SMILES string of the molecule is Fc1ccc(Cl)cc1C(Cl)c1cc(Cl)c(Br)s1. The van der Waals surface area contributed by atoms with Crippen LogP contribution in [-0.4, -0.2) is 0 Å². The lowest BCUT2D eigenvalue weighted by atomic mass is 10.1. The number of thiophene rings is 1. The number of hydrogen-bond acceptors (Lipinski definition) is 1. The van der Waals surface area contributed by atoms with E-state index >= 15 is 0 Å². The molecule has 0 aliphatic heterocycles. The van der Waals surface area contributed by atoms with Gasteiger partial charge in [0.1, 0.15) is 5.82 Å². The second kappa shape index (κ2) is 5.45. The number of benzene rings is 1. The third-order valence-corrected chi connectivity index (χ3v) is 5.52. The van der Waals surface area contributed by atoms with E-state index in [4.69, 9.17) is 34.8 Å². The summed E-state index contributed by atoms with van der Waals surface area (Å²) in [5.74, 6) is -0.380. The average Bonchev–Trinajstić information content (AvgIpc) is 2.62. The minimum Gasteiger partial charge on any atom is -0.207 e. The highest BCUT2D eigenvalue weighted by molar-refractivity contribution is 9.11. The molecule has 0 radical (unpaired) electrons. The number of hydrogen-bond donors (Lipinski definition) is 0. The van der Waals surface area contributed by atoms with E-state index in [1.807, 2.05) is 0 Å². The molecule has 17 heavy (non-hydrogen) atoms. The van der Waals surface area contributed by atoms with Crippen molar-refractivity contribution in [3.63, 3.8) is 0 Å². The van der Waals surface area contributed by atoms with Crippen molar-refractivity contribution in [1.82, 2.24) is 0 Å². The van der Waals surface area contributed by atoms with Gasteiger partial charge in [0.25, 0.3) is 0 Å². The van der Waals surface area contributed by atoms with Gasteiger partial charge in [0.05, 0.1) is 14.2 Å². The van der Waals surface area contributed by atoms with Crippen LogP contribution >= 0.6 is 62.1 Å². The summed E-state index contributed by atoms with van der Waals surface area (Å²) in [6.45, 7) is 0. The number of rotatable bonds is 2. The Labute approximate surface area is 125 Å². The van der Waals surface area contributed by atoms with Gasteiger partial charge in [0.2, 0.25) is 0 Å². The first-order chi connectivity index (χ1) is 7.99. The lowest BCUT2D eigenvalue weighted by Crippen LogP contribution is -1.94. The van der Waals surface area contributed by atoms with E-state index in [-0.39, 0.29) is 5.82 Å². The highest BCUT2D eigenvalue weighted by atomic mass is 79.9. The number of halogens is 5. The summed E-state index contributed by atoms with van der Waals surface area (Å²) in [7, 11) is 0. The lowest BCUT2D eigenvalue weighted by Gasteiger charge is -2.09. The molecule has 1 aromatic heterocycles. The molecule has 1 unspecified atom stereocenters. The fourth-order valence-corrected chi connectivity index (χ4v) is 3.64. The highest BCUT2D eigenvalue weighted by Crippen LogP contribution is 2.41. The van der Waals surface area contributed by atoms with E-state index in [1.165, 1.54) is 29.5 Å². The van der Waals surface area contributed by atoms with Crippen LogP contribution in [0.25, 0.3) is 0 Å². The van der Waals surface area contributed by atoms with E-state index in [1.54, 1.807) is 6.07 Å². The third-order valence-electron chi connectivity index (χ3n) is 2.15. The smallest absolute Gasteiger partial charge is 0.128 e. The van der Waals surface area contributed by atoms with Gasteiger partial charge in [-0.25, -0.2) is 4.39 Å². The van der Waals surface area contributed by atoms with E-state index in [0.717, 1.165) is 8.66 Å². The van der Waals surface area contributed by atoms with Crippen LogP contribution in [0.2, 0.25) is 10.0 Å². The van der Waals surface area contributed by atoms with Gasteiger partial charge in [-0.3, -0.25) is 0 Å². The van der Waals surface area contributed by atoms with Crippen LogP contribution in [0, 0.1) is 5.82 Å². The molecule has 2 rings (SSSR count). The van der Waals surface area contributed by atoms with Gasteiger partial charge in [0, 0.05) is 15.5 Å². The normalized spacial score (nSPS) is 12.8. The maximum Gasteiger partial charge on any atom is 0.128 e. The zero-order valence-electron chi connectivity index (χ0n) is 8.18. The molecule has 90 valence electrons. The van der Waals surface area contributed by atoms with Crippen molar-refractivity contribution in [3.05, 3.63) is 54.4 Å². The molecule has 0 N–H and O–H groups in total. The largest absolute Gasteiger partial charge is 0.207 e. The molecular weight excluding hydrogens is 369 g/mol. The van der Waals surface area contributed by atoms with E-state index < -0.39 is 5.38 Å². The maximum atomic E-state index is 13.6. The predicted molar refractivity (Wildman–Crippen MR) is 76.1 cm³/mol. The molecule has 0 nitrogen and oxygen atoms in total. The fourth-order valence-electron chi connectivity index (χ4n) is 1.35. The molecule has 1 heterocycles. The number of alkyl halides is 1. The van der Waals surface area contributed by atoms with Gasteiger partial charge < -0.3 is 0 Å². The quantitative estimate of drug-likeness (QED) is 0.542.